The zero-order valence-corrected chi connectivity index (χ0v) is 13.4. The number of para-hydroxylation sites is 1. The van der Waals surface area contributed by atoms with Gasteiger partial charge in [-0.2, -0.15) is 0 Å². The molecule has 2 aromatic heterocycles. The average Bonchev–Trinajstić information content (AvgIpc) is 2.95. The Kier molecular flexibility index (Phi) is 3.35. The minimum atomic E-state index is -0.0293. The lowest BCUT2D eigenvalue weighted by Gasteiger charge is -2.12. The summed E-state index contributed by atoms with van der Waals surface area (Å²) in [6.07, 6.45) is 0. The zero-order valence-electron chi connectivity index (χ0n) is 12.6. The highest BCUT2D eigenvalue weighted by atomic mass is 32.1. The van der Waals surface area contributed by atoms with Crippen molar-refractivity contribution in [2.24, 2.45) is 0 Å². The lowest BCUT2D eigenvalue weighted by Crippen LogP contribution is -2.23. The lowest BCUT2D eigenvalue weighted by atomic mass is 10.2. The molecule has 0 radical (unpaired) electrons. The average molecular weight is 321 g/mol. The molecule has 0 bridgehead atoms. The predicted octanol–water partition coefficient (Wildman–Crippen LogP) is 4.03. The summed E-state index contributed by atoms with van der Waals surface area (Å²) in [6, 6.07) is 17.6. The van der Waals surface area contributed by atoms with Gasteiger partial charge in [-0.25, -0.2) is 9.55 Å². The summed E-state index contributed by atoms with van der Waals surface area (Å²) in [7, 11) is 0. The third-order valence-corrected chi connectivity index (χ3v) is 4.89. The van der Waals surface area contributed by atoms with E-state index in [1.807, 2.05) is 61.5 Å². The molecular formula is C18H15N3OS. The monoisotopic (exact) mass is 321 g/mol. The van der Waals surface area contributed by atoms with E-state index < -0.39 is 0 Å². The summed E-state index contributed by atoms with van der Waals surface area (Å²) in [5.74, 6) is 0.583. The minimum absolute atomic E-state index is 0.0293. The number of nitrogens with zero attached hydrogens (tertiary/aromatic N) is 2. The molecule has 0 saturated heterocycles. The molecule has 4 rings (SSSR count). The van der Waals surface area contributed by atoms with E-state index in [0.29, 0.717) is 17.2 Å². The van der Waals surface area contributed by atoms with Crippen LogP contribution in [0.5, 0.6) is 0 Å². The summed E-state index contributed by atoms with van der Waals surface area (Å²) in [5, 5.41) is 4.25. The van der Waals surface area contributed by atoms with E-state index >= 15 is 0 Å². The zero-order chi connectivity index (χ0) is 15.8. The molecule has 0 aliphatic carbocycles. The van der Waals surface area contributed by atoms with Crippen molar-refractivity contribution in [3.8, 4) is 5.69 Å². The quantitative estimate of drug-likeness (QED) is 0.619. The van der Waals surface area contributed by atoms with Crippen molar-refractivity contribution < 1.29 is 0 Å². The Bertz CT molecular complexity index is 1050. The highest BCUT2D eigenvalue weighted by Crippen LogP contribution is 2.31. The predicted molar refractivity (Wildman–Crippen MR) is 96.9 cm³/mol. The SMILES string of the molecule is CCNc1nc2c(sc3ccccc32)c(=O)n1-c1ccccc1. The molecule has 5 heteroatoms. The Morgan fingerprint density at radius 2 is 1.83 bits per heavy atom. The standard InChI is InChI=1S/C18H15N3OS/c1-2-19-18-20-15-13-10-6-7-11-14(13)23-16(15)17(22)21(18)12-8-4-3-5-9-12/h3-11H,2H2,1H3,(H,19,20). The topological polar surface area (TPSA) is 46.9 Å². The van der Waals surface area contributed by atoms with Crippen molar-refractivity contribution in [2.75, 3.05) is 11.9 Å². The van der Waals surface area contributed by atoms with Crippen LogP contribution in [0.3, 0.4) is 0 Å². The van der Waals surface area contributed by atoms with Crippen LogP contribution in [0.15, 0.2) is 59.4 Å². The number of rotatable bonds is 3. The molecule has 0 unspecified atom stereocenters. The fourth-order valence-electron chi connectivity index (χ4n) is 2.73. The normalized spacial score (nSPS) is 11.2. The molecule has 0 fully saturated rings. The van der Waals surface area contributed by atoms with Crippen molar-refractivity contribution in [3.05, 3.63) is 65.0 Å². The van der Waals surface area contributed by atoms with Crippen molar-refractivity contribution >= 4 is 37.6 Å². The number of aromatic nitrogens is 2. The largest absolute Gasteiger partial charge is 0.356 e. The number of anilines is 1. The third kappa shape index (κ3) is 2.21. The van der Waals surface area contributed by atoms with E-state index in [1.54, 1.807) is 4.57 Å². The lowest BCUT2D eigenvalue weighted by molar-refractivity contribution is 0.952. The number of fused-ring (bicyclic) bond motifs is 3. The van der Waals surface area contributed by atoms with Crippen LogP contribution in [0.1, 0.15) is 6.92 Å². The highest BCUT2D eigenvalue weighted by molar-refractivity contribution is 7.25. The Balaban J connectivity index is 2.13. The smallest absolute Gasteiger partial charge is 0.277 e. The van der Waals surface area contributed by atoms with E-state index in [9.17, 15) is 4.79 Å². The molecule has 4 nitrogen and oxygen atoms in total. The van der Waals surface area contributed by atoms with Gasteiger partial charge >= 0.3 is 0 Å². The minimum Gasteiger partial charge on any atom is -0.356 e. The molecule has 0 spiro atoms. The van der Waals surface area contributed by atoms with Gasteiger partial charge < -0.3 is 5.32 Å². The maximum Gasteiger partial charge on any atom is 0.277 e. The Hall–Kier alpha value is -2.66. The second-order valence-corrected chi connectivity index (χ2v) is 6.27. The molecule has 2 aromatic carbocycles. The van der Waals surface area contributed by atoms with Gasteiger partial charge in [0.05, 0.1) is 11.2 Å². The van der Waals surface area contributed by atoms with Crippen LogP contribution in [0, 0.1) is 0 Å². The van der Waals surface area contributed by atoms with Crippen LogP contribution >= 0.6 is 11.3 Å². The number of hydrogen-bond donors (Lipinski definition) is 1. The Labute approximate surface area is 137 Å². The summed E-state index contributed by atoms with van der Waals surface area (Å²) in [5.41, 5.74) is 1.57. The molecular weight excluding hydrogens is 306 g/mol. The highest BCUT2D eigenvalue weighted by Gasteiger charge is 2.16. The summed E-state index contributed by atoms with van der Waals surface area (Å²) >= 11 is 1.50. The molecule has 0 aliphatic heterocycles. The van der Waals surface area contributed by atoms with Crippen molar-refractivity contribution in [1.82, 2.24) is 9.55 Å². The van der Waals surface area contributed by atoms with Gasteiger partial charge in [0.25, 0.3) is 5.56 Å². The molecule has 0 aliphatic rings. The summed E-state index contributed by atoms with van der Waals surface area (Å²) < 4.78 is 3.43. The van der Waals surface area contributed by atoms with Gasteiger partial charge in [0, 0.05) is 16.6 Å². The molecule has 114 valence electrons. The summed E-state index contributed by atoms with van der Waals surface area (Å²) in [4.78, 5) is 17.8. The number of hydrogen-bond acceptors (Lipinski definition) is 4. The van der Waals surface area contributed by atoms with Crippen LogP contribution in [-0.2, 0) is 0 Å². The molecule has 0 atom stereocenters. The van der Waals surface area contributed by atoms with Crippen LogP contribution in [0.25, 0.3) is 26.0 Å². The Morgan fingerprint density at radius 1 is 1.09 bits per heavy atom. The number of benzene rings is 2. The summed E-state index contributed by atoms with van der Waals surface area (Å²) in [6.45, 7) is 2.70. The first-order valence-electron chi connectivity index (χ1n) is 7.53. The molecule has 4 aromatic rings. The van der Waals surface area contributed by atoms with Crippen molar-refractivity contribution in [3.63, 3.8) is 0 Å². The van der Waals surface area contributed by atoms with E-state index in [0.717, 1.165) is 21.3 Å². The van der Waals surface area contributed by atoms with E-state index in [4.69, 9.17) is 4.98 Å². The second-order valence-electron chi connectivity index (χ2n) is 5.22. The fraction of sp³-hybridized carbons (Fsp3) is 0.111. The first kappa shape index (κ1) is 14.0. The van der Waals surface area contributed by atoms with E-state index in [-0.39, 0.29) is 5.56 Å². The molecule has 0 amide bonds. The van der Waals surface area contributed by atoms with Crippen LogP contribution in [0.2, 0.25) is 0 Å². The van der Waals surface area contributed by atoms with Crippen LogP contribution in [0.4, 0.5) is 5.95 Å². The van der Waals surface area contributed by atoms with Gasteiger partial charge in [-0.1, -0.05) is 36.4 Å². The van der Waals surface area contributed by atoms with Gasteiger partial charge in [0.1, 0.15) is 4.70 Å². The van der Waals surface area contributed by atoms with Gasteiger partial charge in [0.15, 0.2) is 0 Å². The molecule has 2 heterocycles. The first-order chi connectivity index (χ1) is 11.3. The molecule has 0 saturated carbocycles. The first-order valence-corrected chi connectivity index (χ1v) is 8.35. The second kappa shape index (κ2) is 5.52. The van der Waals surface area contributed by atoms with E-state index in [2.05, 4.69) is 5.32 Å². The maximum absolute atomic E-state index is 13.1. The third-order valence-electron chi connectivity index (χ3n) is 3.75. The van der Waals surface area contributed by atoms with Gasteiger partial charge in [-0.05, 0) is 25.1 Å². The fourth-order valence-corrected chi connectivity index (χ4v) is 3.81. The van der Waals surface area contributed by atoms with E-state index in [1.165, 1.54) is 11.3 Å². The maximum atomic E-state index is 13.1. The molecule has 23 heavy (non-hydrogen) atoms. The molecule has 1 N–H and O–H groups in total. The number of thiophene rings is 1. The van der Waals surface area contributed by atoms with Crippen LogP contribution in [-0.4, -0.2) is 16.1 Å². The van der Waals surface area contributed by atoms with Crippen molar-refractivity contribution in [1.29, 1.82) is 0 Å². The number of nitrogens with one attached hydrogen (secondary N) is 1. The van der Waals surface area contributed by atoms with Crippen LogP contribution < -0.4 is 10.9 Å². The van der Waals surface area contributed by atoms with Gasteiger partial charge in [-0.15, -0.1) is 11.3 Å². The van der Waals surface area contributed by atoms with Crippen molar-refractivity contribution in [2.45, 2.75) is 6.92 Å². The Morgan fingerprint density at radius 3 is 2.61 bits per heavy atom. The van der Waals surface area contributed by atoms with Gasteiger partial charge in [-0.3, -0.25) is 4.79 Å². The van der Waals surface area contributed by atoms with Gasteiger partial charge in [0.2, 0.25) is 5.95 Å².